The van der Waals surface area contributed by atoms with Crippen molar-refractivity contribution in [3.8, 4) is 0 Å². The molecule has 1 saturated heterocycles. The van der Waals surface area contributed by atoms with E-state index in [0.29, 0.717) is 18.7 Å². The Morgan fingerprint density at radius 3 is 2.79 bits per heavy atom. The van der Waals surface area contributed by atoms with E-state index in [9.17, 15) is 9.59 Å². The van der Waals surface area contributed by atoms with Crippen LogP contribution in [-0.2, 0) is 4.79 Å². The van der Waals surface area contributed by atoms with Gasteiger partial charge in [-0.05, 0) is 25.2 Å². The molecular weight excluding hydrogens is 248 g/mol. The topological polar surface area (TPSA) is 83.6 Å². The van der Waals surface area contributed by atoms with Gasteiger partial charge in [-0.3, -0.25) is 4.79 Å². The molecule has 0 radical (unpaired) electrons. The highest BCUT2D eigenvalue weighted by Gasteiger charge is 2.34. The summed E-state index contributed by atoms with van der Waals surface area (Å²) in [5, 5.41) is 13.0. The molecule has 1 aromatic heterocycles. The van der Waals surface area contributed by atoms with Crippen LogP contribution >= 0.6 is 0 Å². The minimum Gasteiger partial charge on any atom is -0.480 e. The van der Waals surface area contributed by atoms with Gasteiger partial charge in [0.05, 0.1) is 5.69 Å². The molecule has 0 bridgehead atoms. The average molecular weight is 266 g/mol. The molecule has 1 fully saturated rings. The van der Waals surface area contributed by atoms with E-state index < -0.39 is 12.0 Å². The van der Waals surface area contributed by atoms with Crippen molar-refractivity contribution in [1.82, 2.24) is 10.1 Å². The van der Waals surface area contributed by atoms with Crippen LogP contribution in [0.25, 0.3) is 0 Å². The van der Waals surface area contributed by atoms with E-state index in [1.165, 1.54) is 4.90 Å². The molecule has 0 saturated carbocycles. The summed E-state index contributed by atoms with van der Waals surface area (Å²) in [4.78, 5) is 24.8. The molecule has 2 rings (SSSR count). The number of likely N-dealkylation sites (tertiary alicyclic amines) is 1. The Kier molecular flexibility index (Phi) is 3.87. The maximum atomic E-state index is 12.3. The van der Waals surface area contributed by atoms with Crippen LogP contribution in [0.2, 0.25) is 0 Å². The van der Waals surface area contributed by atoms with Gasteiger partial charge in [0.15, 0.2) is 0 Å². The lowest BCUT2D eigenvalue weighted by Crippen LogP contribution is -2.47. The lowest BCUT2D eigenvalue weighted by Gasteiger charge is -2.31. The van der Waals surface area contributed by atoms with Crippen LogP contribution in [0.3, 0.4) is 0 Å². The lowest BCUT2D eigenvalue weighted by molar-refractivity contribution is -0.143. The highest BCUT2D eigenvalue weighted by atomic mass is 16.5. The van der Waals surface area contributed by atoms with E-state index in [4.69, 9.17) is 9.63 Å². The minimum atomic E-state index is -0.961. The number of nitrogens with zero attached hydrogens (tertiary/aromatic N) is 2. The molecule has 1 aromatic rings. The molecule has 6 heteroatoms. The molecular formula is C13H18N2O4. The number of carboxylic acids is 1. The maximum Gasteiger partial charge on any atom is 0.326 e. The van der Waals surface area contributed by atoms with Crippen molar-refractivity contribution in [3.63, 3.8) is 0 Å². The molecule has 19 heavy (non-hydrogen) atoms. The number of carbonyl (C=O) groups excluding carboxylic acids is 1. The van der Waals surface area contributed by atoms with Crippen LogP contribution in [0.4, 0.5) is 0 Å². The Morgan fingerprint density at radius 1 is 1.47 bits per heavy atom. The van der Waals surface area contributed by atoms with E-state index in [1.807, 2.05) is 13.8 Å². The third-order valence-corrected chi connectivity index (χ3v) is 3.38. The summed E-state index contributed by atoms with van der Waals surface area (Å²) >= 11 is 0. The standard InChI is InChI=1S/C13H18N2O4/c1-8(2)9-7-11(19-14-9)12(16)15-6-4-3-5-10(15)13(17)18/h7-8,10H,3-6H2,1-2H3,(H,17,18). The van der Waals surface area contributed by atoms with Gasteiger partial charge in [-0.15, -0.1) is 0 Å². The first kappa shape index (κ1) is 13.6. The maximum absolute atomic E-state index is 12.3. The second kappa shape index (κ2) is 5.42. The Balaban J connectivity index is 2.18. The Labute approximate surface area is 111 Å². The predicted molar refractivity (Wildman–Crippen MR) is 66.9 cm³/mol. The van der Waals surface area contributed by atoms with Crippen LogP contribution in [-0.4, -0.2) is 39.6 Å². The largest absolute Gasteiger partial charge is 0.480 e. The molecule has 0 aromatic carbocycles. The fraction of sp³-hybridized carbons (Fsp3) is 0.615. The molecule has 1 unspecified atom stereocenters. The molecule has 104 valence electrons. The summed E-state index contributed by atoms with van der Waals surface area (Å²) in [5.41, 5.74) is 0.701. The van der Waals surface area contributed by atoms with Crippen molar-refractivity contribution >= 4 is 11.9 Å². The zero-order chi connectivity index (χ0) is 14.0. The number of piperidine rings is 1. The summed E-state index contributed by atoms with van der Waals surface area (Å²) < 4.78 is 5.03. The first-order valence-corrected chi connectivity index (χ1v) is 6.51. The van der Waals surface area contributed by atoms with Gasteiger partial charge in [0.2, 0.25) is 5.76 Å². The summed E-state index contributed by atoms with van der Waals surface area (Å²) in [6.07, 6.45) is 2.14. The monoisotopic (exact) mass is 266 g/mol. The van der Waals surface area contributed by atoms with Crippen LogP contribution in [0.5, 0.6) is 0 Å². The average Bonchev–Trinajstić information content (AvgIpc) is 2.87. The van der Waals surface area contributed by atoms with Crippen LogP contribution in [0.15, 0.2) is 10.6 Å². The SMILES string of the molecule is CC(C)c1cc(C(=O)N2CCCCC2C(=O)O)on1. The molecule has 1 aliphatic rings. The molecule has 1 amide bonds. The van der Waals surface area contributed by atoms with Gasteiger partial charge in [0.25, 0.3) is 5.91 Å². The van der Waals surface area contributed by atoms with Crippen molar-refractivity contribution in [2.75, 3.05) is 6.54 Å². The molecule has 1 atom stereocenters. The zero-order valence-corrected chi connectivity index (χ0v) is 11.1. The van der Waals surface area contributed by atoms with Crippen LogP contribution in [0.1, 0.15) is 55.3 Å². The molecule has 1 N–H and O–H groups in total. The highest BCUT2D eigenvalue weighted by Crippen LogP contribution is 2.21. The number of hydrogen-bond acceptors (Lipinski definition) is 4. The lowest BCUT2D eigenvalue weighted by atomic mass is 10.0. The second-order valence-corrected chi connectivity index (χ2v) is 5.12. The Morgan fingerprint density at radius 2 is 2.21 bits per heavy atom. The van der Waals surface area contributed by atoms with E-state index in [1.54, 1.807) is 6.07 Å². The van der Waals surface area contributed by atoms with Crippen LogP contribution < -0.4 is 0 Å². The number of carbonyl (C=O) groups is 2. The smallest absolute Gasteiger partial charge is 0.326 e. The summed E-state index contributed by atoms with van der Waals surface area (Å²) in [6, 6.07) is 0.842. The van der Waals surface area contributed by atoms with E-state index in [0.717, 1.165) is 12.8 Å². The number of aromatic nitrogens is 1. The van der Waals surface area contributed by atoms with Gasteiger partial charge >= 0.3 is 5.97 Å². The molecule has 0 aliphatic carbocycles. The van der Waals surface area contributed by atoms with Gasteiger partial charge in [0.1, 0.15) is 6.04 Å². The number of amides is 1. The summed E-state index contributed by atoms with van der Waals surface area (Å²) in [7, 11) is 0. The normalized spacial score (nSPS) is 19.7. The van der Waals surface area contributed by atoms with Crippen molar-refractivity contribution in [1.29, 1.82) is 0 Å². The zero-order valence-electron chi connectivity index (χ0n) is 11.1. The number of carboxylic acid groups (broad SMARTS) is 1. The van der Waals surface area contributed by atoms with Gasteiger partial charge in [-0.1, -0.05) is 19.0 Å². The first-order chi connectivity index (χ1) is 9.00. The van der Waals surface area contributed by atoms with Gasteiger partial charge < -0.3 is 14.5 Å². The Bertz CT molecular complexity index is 481. The Hall–Kier alpha value is -1.85. The van der Waals surface area contributed by atoms with Crippen molar-refractivity contribution in [2.45, 2.75) is 45.1 Å². The fourth-order valence-electron chi connectivity index (χ4n) is 2.23. The van der Waals surface area contributed by atoms with E-state index in [-0.39, 0.29) is 17.6 Å². The van der Waals surface area contributed by atoms with Gasteiger partial charge in [-0.2, -0.15) is 0 Å². The third kappa shape index (κ3) is 2.77. The van der Waals surface area contributed by atoms with Gasteiger partial charge in [-0.25, -0.2) is 4.79 Å². The quantitative estimate of drug-likeness (QED) is 0.903. The third-order valence-electron chi connectivity index (χ3n) is 3.38. The van der Waals surface area contributed by atoms with E-state index >= 15 is 0 Å². The summed E-state index contributed by atoms with van der Waals surface area (Å²) in [5.74, 6) is -1.05. The minimum absolute atomic E-state index is 0.122. The van der Waals surface area contributed by atoms with E-state index in [2.05, 4.69) is 5.16 Å². The van der Waals surface area contributed by atoms with Crippen molar-refractivity contribution in [3.05, 3.63) is 17.5 Å². The molecule has 0 spiro atoms. The number of aliphatic carboxylic acids is 1. The number of rotatable bonds is 3. The van der Waals surface area contributed by atoms with Crippen molar-refractivity contribution in [2.24, 2.45) is 0 Å². The molecule has 6 nitrogen and oxygen atoms in total. The second-order valence-electron chi connectivity index (χ2n) is 5.12. The summed E-state index contributed by atoms with van der Waals surface area (Å²) in [6.45, 7) is 4.35. The predicted octanol–water partition coefficient (Wildman–Crippen LogP) is 1.88. The highest BCUT2D eigenvalue weighted by molar-refractivity contribution is 5.94. The fourth-order valence-corrected chi connectivity index (χ4v) is 2.23. The molecule has 2 heterocycles. The van der Waals surface area contributed by atoms with Crippen molar-refractivity contribution < 1.29 is 19.2 Å². The van der Waals surface area contributed by atoms with Gasteiger partial charge in [0, 0.05) is 12.6 Å². The van der Waals surface area contributed by atoms with Crippen LogP contribution in [0, 0.1) is 0 Å². The number of hydrogen-bond donors (Lipinski definition) is 1. The first-order valence-electron chi connectivity index (χ1n) is 6.51. The molecule has 1 aliphatic heterocycles.